The molecule has 0 aliphatic rings. The molecule has 0 aliphatic heterocycles. The summed E-state index contributed by atoms with van der Waals surface area (Å²) in [5, 5.41) is 8.38. The summed E-state index contributed by atoms with van der Waals surface area (Å²) in [5.41, 5.74) is 0. The van der Waals surface area contributed by atoms with E-state index in [-0.39, 0.29) is 51.9 Å². The summed E-state index contributed by atoms with van der Waals surface area (Å²) in [4.78, 5) is 8.12. The van der Waals surface area contributed by atoms with Crippen LogP contribution in [-0.2, 0) is 0 Å². The predicted molar refractivity (Wildman–Crippen MR) is 7.70 cm³/mol. The average molecular weight is 150 g/mol. The number of hydrogen-bond donors (Lipinski definition) is 1. The largest absolute Gasteiger partial charge is 1.00 e. The Balaban J connectivity index is -0.0000000200. The maximum absolute atomic E-state index is 8.12. The Morgan fingerprint density at radius 1 is 1.60 bits per heavy atom. The summed E-state index contributed by atoms with van der Waals surface area (Å²) in [6.45, 7) is 0. The fraction of sp³-hybridized carbons (Fsp3) is 0. The van der Waals surface area contributed by atoms with Crippen molar-refractivity contribution >= 4 is 0 Å². The van der Waals surface area contributed by atoms with E-state index >= 15 is 0 Å². The normalized spacial score (nSPS) is 2.40. The third-order valence-electron chi connectivity index (χ3n) is 0. The van der Waals surface area contributed by atoms with E-state index in [0.717, 1.165) is 0 Å². The van der Waals surface area contributed by atoms with Crippen LogP contribution in [0.5, 0.6) is 0 Å². The van der Waals surface area contributed by atoms with Crippen molar-refractivity contribution in [2.24, 2.45) is 0 Å². The smallest absolute Gasteiger partial charge is 1.00 e. The molecule has 0 fully saturated rings. The van der Waals surface area contributed by atoms with Crippen molar-refractivity contribution in [2.45, 2.75) is 0 Å². The second kappa shape index (κ2) is 20.8. The molecule has 1 N–H and O–H groups in total. The van der Waals surface area contributed by atoms with Gasteiger partial charge in [-0.15, -0.1) is 0 Å². The van der Waals surface area contributed by atoms with Crippen molar-refractivity contribution in [2.75, 3.05) is 0 Å². The molecular formula is HBrNNaO2. The third-order valence-corrected chi connectivity index (χ3v) is 0. The molecule has 0 radical (unpaired) electrons. The van der Waals surface area contributed by atoms with E-state index in [0.29, 0.717) is 0 Å². The average Bonchev–Trinajstić information content (AvgIpc) is 0.918. The first kappa shape index (κ1) is 16.9. The van der Waals surface area contributed by atoms with E-state index in [9.17, 15) is 0 Å². The molecule has 26 valence electrons. The molecular weight excluding hydrogens is 149 g/mol. The van der Waals surface area contributed by atoms with Crippen LogP contribution in [0.3, 0.4) is 0 Å². The fourth-order valence-corrected chi connectivity index (χ4v) is 0. The van der Waals surface area contributed by atoms with Gasteiger partial charge in [-0.3, -0.25) is 10.1 Å². The van der Waals surface area contributed by atoms with E-state index in [2.05, 4.69) is 0 Å². The van der Waals surface area contributed by atoms with Crippen molar-refractivity contribution in [1.82, 2.24) is 0 Å². The summed E-state index contributed by atoms with van der Waals surface area (Å²) in [7, 11) is 0. The molecule has 0 aromatic carbocycles. The van der Waals surface area contributed by atoms with E-state index in [1.165, 1.54) is 0 Å². The van der Waals surface area contributed by atoms with E-state index in [4.69, 9.17) is 10.1 Å². The molecule has 0 aromatic heterocycles. The van der Waals surface area contributed by atoms with Crippen LogP contribution in [0.1, 0.15) is 0 Å². The van der Waals surface area contributed by atoms with Crippen LogP contribution in [0.15, 0.2) is 0 Å². The molecule has 0 aliphatic carbocycles. The van der Waals surface area contributed by atoms with Crippen LogP contribution in [0.25, 0.3) is 0 Å². The van der Waals surface area contributed by atoms with Crippen molar-refractivity contribution in [3.8, 4) is 0 Å². The van der Waals surface area contributed by atoms with Crippen LogP contribution < -0.4 is 51.9 Å². The Morgan fingerprint density at radius 2 is 1.60 bits per heavy atom. The zero-order chi connectivity index (χ0) is 2.71. The topological polar surface area (TPSA) is 54.1 Å². The minimum Gasteiger partial charge on any atom is -1.00 e. The number of halogens is 1. The molecule has 0 saturated heterocycles. The number of hydrogen-bond acceptors (Lipinski definition) is 2. The van der Waals surface area contributed by atoms with Crippen molar-refractivity contribution in [3.63, 3.8) is 0 Å². The molecule has 0 aromatic rings. The summed E-state index contributed by atoms with van der Waals surface area (Å²) in [6.07, 6.45) is 0. The van der Waals surface area contributed by atoms with Crippen LogP contribution in [0.2, 0.25) is 0 Å². The molecule has 3 nitrogen and oxygen atoms in total. The zero-order valence-electron chi connectivity index (χ0n) is 2.69. The van der Waals surface area contributed by atoms with Gasteiger partial charge in [0, 0.05) is 5.34 Å². The van der Waals surface area contributed by atoms with Gasteiger partial charge in [0.2, 0.25) is 0 Å². The minimum atomic E-state index is 0. The second-order valence-electron chi connectivity index (χ2n) is 0.0833. The molecule has 0 spiro atoms. The molecule has 0 saturated carbocycles. The molecule has 5 heavy (non-hydrogen) atoms. The van der Waals surface area contributed by atoms with Crippen molar-refractivity contribution < 1.29 is 51.9 Å². The van der Waals surface area contributed by atoms with Gasteiger partial charge >= 0.3 is 29.6 Å². The maximum Gasteiger partial charge on any atom is 1.00 e. The van der Waals surface area contributed by atoms with Gasteiger partial charge < -0.3 is 17.0 Å². The van der Waals surface area contributed by atoms with Gasteiger partial charge in [0.05, 0.1) is 0 Å². The molecule has 0 bridgehead atoms. The monoisotopic (exact) mass is 149 g/mol. The second-order valence-corrected chi connectivity index (χ2v) is 0.0833. The molecule has 5 heteroatoms. The first-order chi connectivity index (χ1) is 1.41. The van der Waals surface area contributed by atoms with E-state index in [1.807, 2.05) is 0 Å². The minimum absolute atomic E-state index is 0. The first-order valence-electron chi connectivity index (χ1n) is 0.408. The van der Waals surface area contributed by atoms with Gasteiger partial charge in [0.15, 0.2) is 0 Å². The van der Waals surface area contributed by atoms with Gasteiger partial charge in [-0.2, -0.15) is 0 Å². The summed E-state index contributed by atoms with van der Waals surface area (Å²) >= 11 is 0. The Morgan fingerprint density at radius 3 is 1.60 bits per heavy atom. The van der Waals surface area contributed by atoms with Crippen LogP contribution in [0, 0.1) is 10.1 Å². The van der Waals surface area contributed by atoms with Gasteiger partial charge in [-0.25, -0.2) is 0 Å². The third kappa shape index (κ3) is 52.3. The van der Waals surface area contributed by atoms with Gasteiger partial charge in [0.25, 0.3) is 0 Å². The molecule has 0 amide bonds. The summed E-state index contributed by atoms with van der Waals surface area (Å²) in [5.74, 6) is 0. The van der Waals surface area contributed by atoms with Crippen LogP contribution >= 0.6 is 0 Å². The Bertz CT molecular complexity index is 17.1. The standard InChI is InChI=1S/BrH.HNO2.Na/c;2-1-3;/h1H;1H;/q;;+1/p-1. The molecule has 0 unspecified atom stereocenters. The molecule has 0 rings (SSSR count). The van der Waals surface area contributed by atoms with E-state index < -0.39 is 0 Å². The van der Waals surface area contributed by atoms with E-state index in [1.54, 1.807) is 0 Å². The van der Waals surface area contributed by atoms with Crippen LogP contribution in [0.4, 0.5) is 0 Å². The number of nitrogens with one attached hydrogen (secondary N) is 1. The Hall–Kier alpha value is 0.880. The van der Waals surface area contributed by atoms with Crippen molar-refractivity contribution in [3.05, 3.63) is 10.1 Å². The summed E-state index contributed by atoms with van der Waals surface area (Å²) < 4.78 is 0. The van der Waals surface area contributed by atoms with Gasteiger partial charge in [-0.05, 0) is 0 Å². The Labute approximate surface area is 61.7 Å². The quantitative estimate of drug-likeness (QED) is 0.212. The number of rotatable bonds is 0. The molecule has 0 atom stereocenters. The van der Waals surface area contributed by atoms with Gasteiger partial charge in [0.1, 0.15) is 0 Å². The SMILES string of the molecule is O=[NH+][O-].[Br-].[Na+]. The van der Waals surface area contributed by atoms with Crippen LogP contribution in [-0.4, -0.2) is 0 Å². The fourth-order valence-electron chi connectivity index (χ4n) is 0. The first-order valence-corrected chi connectivity index (χ1v) is 0.408. The zero-order valence-corrected chi connectivity index (χ0v) is 6.28. The van der Waals surface area contributed by atoms with Crippen molar-refractivity contribution in [1.29, 1.82) is 0 Å². The van der Waals surface area contributed by atoms with Gasteiger partial charge in [-0.1, -0.05) is 0 Å². The maximum atomic E-state index is 8.12. The predicted octanol–water partition coefficient (Wildman–Crippen LogP) is -7.66. The summed E-state index contributed by atoms with van der Waals surface area (Å²) in [6, 6.07) is 0. The Kier molecular flexibility index (Phi) is 70.2. The molecule has 0 heterocycles.